The predicted molar refractivity (Wildman–Crippen MR) is 67.0 cm³/mol. The summed E-state index contributed by atoms with van der Waals surface area (Å²) in [6, 6.07) is 5.58. The summed E-state index contributed by atoms with van der Waals surface area (Å²) >= 11 is 0. The molecule has 8 heteroatoms. The zero-order valence-corrected chi connectivity index (χ0v) is 10.8. The van der Waals surface area contributed by atoms with Crippen molar-refractivity contribution in [3.05, 3.63) is 41.8 Å². The van der Waals surface area contributed by atoms with Crippen LogP contribution < -0.4 is 10.5 Å². The number of sulfonamides is 1. The van der Waals surface area contributed by atoms with E-state index in [0.29, 0.717) is 11.3 Å². The predicted octanol–water partition coefficient (Wildman–Crippen LogP) is 0.883. The zero-order chi connectivity index (χ0) is 14.0. The molecule has 7 nitrogen and oxygen atoms in total. The molecule has 0 fully saturated rings. The standard InChI is InChI=1S/C11H11N3O4S/c1-7-6-8(19(12,16)17)2-3-9(7)14-11(15)10-4-5-13-18-10/h2-6H,1H3,(H,14,15)(H2,12,16,17). The van der Waals surface area contributed by atoms with Crippen molar-refractivity contribution in [2.45, 2.75) is 11.8 Å². The van der Waals surface area contributed by atoms with Gasteiger partial charge in [-0.15, -0.1) is 0 Å². The highest BCUT2D eigenvalue weighted by molar-refractivity contribution is 7.89. The maximum absolute atomic E-state index is 11.7. The summed E-state index contributed by atoms with van der Waals surface area (Å²) in [6.07, 6.45) is 1.35. The Morgan fingerprint density at radius 2 is 2.11 bits per heavy atom. The van der Waals surface area contributed by atoms with Crippen LogP contribution in [0, 0.1) is 6.92 Å². The van der Waals surface area contributed by atoms with E-state index in [4.69, 9.17) is 9.66 Å². The normalized spacial score (nSPS) is 11.3. The third kappa shape index (κ3) is 2.98. The molecule has 1 amide bonds. The van der Waals surface area contributed by atoms with Gasteiger partial charge in [-0.3, -0.25) is 4.79 Å². The minimum absolute atomic E-state index is 0.0114. The molecule has 0 radical (unpaired) electrons. The first-order valence-corrected chi connectivity index (χ1v) is 6.78. The molecule has 0 aliphatic rings. The van der Waals surface area contributed by atoms with E-state index in [1.165, 1.54) is 30.5 Å². The van der Waals surface area contributed by atoms with E-state index < -0.39 is 15.9 Å². The van der Waals surface area contributed by atoms with Crippen molar-refractivity contribution in [3.8, 4) is 0 Å². The van der Waals surface area contributed by atoms with Crippen LogP contribution >= 0.6 is 0 Å². The van der Waals surface area contributed by atoms with Crippen LogP contribution in [0.15, 0.2) is 39.9 Å². The Morgan fingerprint density at radius 3 is 2.63 bits per heavy atom. The Balaban J connectivity index is 2.25. The first-order chi connectivity index (χ1) is 8.88. The third-order valence-corrected chi connectivity index (χ3v) is 3.35. The lowest BCUT2D eigenvalue weighted by Crippen LogP contribution is -2.14. The fourth-order valence-electron chi connectivity index (χ4n) is 1.47. The molecule has 0 saturated heterocycles. The highest BCUT2D eigenvalue weighted by atomic mass is 32.2. The van der Waals surface area contributed by atoms with E-state index >= 15 is 0 Å². The second-order valence-corrected chi connectivity index (χ2v) is 5.41. The highest BCUT2D eigenvalue weighted by Gasteiger charge is 2.13. The molecule has 100 valence electrons. The number of aromatic nitrogens is 1. The van der Waals surface area contributed by atoms with Gasteiger partial charge in [0.25, 0.3) is 5.91 Å². The van der Waals surface area contributed by atoms with Crippen LogP contribution in [0.3, 0.4) is 0 Å². The van der Waals surface area contributed by atoms with Crippen LogP contribution in [0.5, 0.6) is 0 Å². The molecule has 0 saturated carbocycles. The summed E-state index contributed by atoms with van der Waals surface area (Å²) in [4.78, 5) is 11.7. The first-order valence-electron chi connectivity index (χ1n) is 5.23. The van der Waals surface area contributed by atoms with Crippen LogP contribution in [0.25, 0.3) is 0 Å². The van der Waals surface area contributed by atoms with Crippen molar-refractivity contribution in [1.29, 1.82) is 0 Å². The van der Waals surface area contributed by atoms with Gasteiger partial charge in [0.1, 0.15) is 0 Å². The number of nitrogens with one attached hydrogen (secondary N) is 1. The number of nitrogens with zero attached hydrogens (tertiary/aromatic N) is 1. The molecule has 0 atom stereocenters. The monoisotopic (exact) mass is 281 g/mol. The fraction of sp³-hybridized carbons (Fsp3) is 0.0909. The number of primary sulfonamides is 1. The number of aryl methyl sites for hydroxylation is 1. The van der Waals surface area contributed by atoms with E-state index in [2.05, 4.69) is 10.5 Å². The minimum atomic E-state index is -3.75. The van der Waals surface area contributed by atoms with Crippen LogP contribution in [-0.4, -0.2) is 19.5 Å². The van der Waals surface area contributed by atoms with Crippen LogP contribution in [-0.2, 0) is 10.0 Å². The molecule has 3 N–H and O–H groups in total. The number of carbonyl (C=O) groups is 1. The van der Waals surface area contributed by atoms with Crippen molar-refractivity contribution in [1.82, 2.24) is 5.16 Å². The molecule has 2 rings (SSSR count). The average Bonchev–Trinajstić information content (AvgIpc) is 2.84. The van der Waals surface area contributed by atoms with Crippen molar-refractivity contribution < 1.29 is 17.7 Å². The number of rotatable bonds is 3. The van der Waals surface area contributed by atoms with E-state index in [1.807, 2.05) is 0 Å². The van der Waals surface area contributed by atoms with Crippen molar-refractivity contribution in [2.75, 3.05) is 5.32 Å². The Hall–Kier alpha value is -2.19. The van der Waals surface area contributed by atoms with Gasteiger partial charge in [-0.1, -0.05) is 5.16 Å². The van der Waals surface area contributed by atoms with Gasteiger partial charge in [-0.05, 0) is 30.7 Å². The maximum Gasteiger partial charge on any atom is 0.294 e. The van der Waals surface area contributed by atoms with Crippen LogP contribution in [0.4, 0.5) is 5.69 Å². The largest absolute Gasteiger partial charge is 0.351 e. The number of carbonyl (C=O) groups excluding carboxylic acids is 1. The van der Waals surface area contributed by atoms with Gasteiger partial charge in [0.2, 0.25) is 15.8 Å². The highest BCUT2D eigenvalue weighted by Crippen LogP contribution is 2.19. The van der Waals surface area contributed by atoms with Gasteiger partial charge in [0.05, 0.1) is 11.1 Å². The molecule has 0 bridgehead atoms. The Bertz CT molecular complexity index is 708. The van der Waals surface area contributed by atoms with Crippen LogP contribution in [0.2, 0.25) is 0 Å². The summed E-state index contributed by atoms with van der Waals surface area (Å²) in [5.74, 6) is -0.404. The van der Waals surface area contributed by atoms with Crippen molar-refractivity contribution in [3.63, 3.8) is 0 Å². The topological polar surface area (TPSA) is 115 Å². The number of hydrogen-bond acceptors (Lipinski definition) is 5. The lowest BCUT2D eigenvalue weighted by molar-refractivity contribution is 0.0988. The van der Waals surface area contributed by atoms with Crippen molar-refractivity contribution >= 4 is 21.6 Å². The molecule has 2 aromatic rings. The SMILES string of the molecule is Cc1cc(S(N)(=O)=O)ccc1NC(=O)c1ccno1. The fourth-order valence-corrected chi connectivity index (χ4v) is 2.07. The van der Waals surface area contributed by atoms with E-state index in [-0.39, 0.29) is 10.7 Å². The lowest BCUT2D eigenvalue weighted by Gasteiger charge is -2.08. The van der Waals surface area contributed by atoms with Gasteiger partial charge >= 0.3 is 0 Å². The lowest BCUT2D eigenvalue weighted by atomic mass is 10.2. The minimum Gasteiger partial charge on any atom is -0.351 e. The number of amides is 1. The molecule has 1 aromatic heterocycles. The molecule has 1 heterocycles. The average molecular weight is 281 g/mol. The number of anilines is 1. The molecular weight excluding hydrogens is 270 g/mol. The molecular formula is C11H11N3O4S. The van der Waals surface area contributed by atoms with E-state index in [1.54, 1.807) is 6.92 Å². The summed E-state index contributed by atoms with van der Waals surface area (Å²) in [5, 5.41) is 11.0. The van der Waals surface area contributed by atoms with E-state index in [0.717, 1.165) is 0 Å². The number of nitrogens with two attached hydrogens (primary N) is 1. The summed E-state index contributed by atoms with van der Waals surface area (Å²) in [7, 11) is -3.75. The molecule has 1 aromatic carbocycles. The van der Waals surface area contributed by atoms with Gasteiger partial charge in [0, 0.05) is 11.8 Å². The quantitative estimate of drug-likeness (QED) is 0.866. The zero-order valence-electron chi connectivity index (χ0n) is 9.95. The molecule has 19 heavy (non-hydrogen) atoms. The molecule has 0 aliphatic carbocycles. The van der Waals surface area contributed by atoms with E-state index in [9.17, 15) is 13.2 Å². The molecule has 0 aliphatic heterocycles. The maximum atomic E-state index is 11.7. The number of hydrogen-bond donors (Lipinski definition) is 2. The second kappa shape index (κ2) is 4.82. The second-order valence-electron chi connectivity index (χ2n) is 3.85. The van der Waals surface area contributed by atoms with Gasteiger partial charge in [-0.2, -0.15) is 0 Å². The summed E-state index contributed by atoms with van der Waals surface area (Å²) < 4.78 is 27.1. The summed E-state index contributed by atoms with van der Waals surface area (Å²) in [5.41, 5.74) is 1.04. The van der Waals surface area contributed by atoms with Crippen LogP contribution in [0.1, 0.15) is 16.1 Å². The van der Waals surface area contributed by atoms with Crippen molar-refractivity contribution in [2.24, 2.45) is 5.14 Å². The van der Waals surface area contributed by atoms with Gasteiger partial charge < -0.3 is 9.84 Å². The smallest absolute Gasteiger partial charge is 0.294 e. The molecule has 0 unspecified atom stereocenters. The summed E-state index contributed by atoms with van der Waals surface area (Å²) in [6.45, 7) is 1.66. The first kappa shape index (κ1) is 13.2. The number of benzene rings is 1. The van der Waals surface area contributed by atoms with Gasteiger partial charge in [0.15, 0.2) is 0 Å². The Morgan fingerprint density at radius 1 is 1.37 bits per heavy atom. The Kier molecular flexibility index (Phi) is 3.36. The molecule has 0 spiro atoms. The third-order valence-electron chi connectivity index (χ3n) is 2.44. The van der Waals surface area contributed by atoms with Gasteiger partial charge in [-0.25, -0.2) is 13.6 Å². The Labute approximate surface area is 109 Å².